The average Bonchev–Trinajstić information content (AvgIpc) is 3.43. The van der Waals surface area contributed by atoms with E-state index in [1.54, 1.807) is 0 Å². The highest BCUT2D eigenvalue weighted by molar-refractivity contribution is 7.85. The maximum atomic E-state index is 16.4. The molecule has 0 aromatic heterocycles. The molecule has 344 valence electrons. The van der Waals surface area contributed by atoms with E-state index < -0.39 is 14.3 Å². The second-order valence-corrected chi connectivity index (χ2v) is 24.8. The zero-order chi connectivity index (χ0) is 48.7. The van der Waals surface area contributed by atoms with Crippen molar-refractivity contribution in [2.45, 2.75) is 20.8 Å². The standard InChI is InChI=1S/C65H49BN2O2P2/c1-44-38-45(2)63(46(3)39-44)66-58-43-56(72(70,53-27-12-6-13-28-53)54-29-14-7-15-30-54)36-37-59(58)68-61-41-48-21-17-16-20-47(48)40-60(61)67(62-42-49-22-18-19-31-57(49)64(66)65(62)68)50-32-34-55(35-33-50)71(69,51-23-8-4-9-24-51)52-25-10-5-11-26-52/h4-43H,1-3H3. The third kappa shape index (κ3) is 6.76. The summed E-state index contributed by atoms with van der Waals surface area (Å²) >= 11 is 0. The van der Waals surface area contributed by atoms with Gasteiger partial charge in [-0.25, -0.2) is 0 Å². The van der Waals surface area contributed by atoms with E-state index >= 15 is 9.13 Å². The molecule has 7 heteroatoms. The van der Waals surface area contributed by atoms with E-state index in [4.69, 9.17) is 0 Å². The Morgan fingerprint density at radius 3 is 1.29 bits per heavy atom. The van der Waals surface area contributed by atoms with Crippen LogP contribution in [0.1, 0.15) is 16.7 Å². The van der Waals surface area contributed by atoms with Gasteiger partial charge in [-0.15, -0.1) is 0 Å². The molecule has 0 unspecified atom stereocenters. The molecule has 0 atom stereocenters. The van der Waals surface area contributed by atoms with Crippen molar-refractivity contribution < 1.29 is 9.13 Å². The highest BCUT2D eigenvalue weighted by Gasteiger charge is 2.45. The summed E-state index contributed by atoms with van der Waals surface area (Å²) in [5, 5.41) is 9.35. The van der Waals surface area contributed by atoms with Gasteiger partial charge in [0, 0.05) is 43.2 Å². The number of anilines is 6. The van der Waals surface area contributed by atoms with Gasteiger partial charge in [-0.1, -0.05) is 210 Å². The van der Waals surface area contributed by atoms with Gasteiger partial charge < -0.3 is 18.9 Å². The monoisotopic (exact) mass is 962 g/mol. The summed E-state index contributed by atoms with van der Waals surface area (Å²) in [6.07, 6.45) is 0. The number of hydrogen-bond donors (Lipinski definition) is 0. The summed E-state index contributed by atoms with van der Waals surface area (Å²) in [5.41, 5.74) is 13.5. The summed E-state index contributed by atoms with van der Waals surface area (Å²) in [6, 6.07) is 84.0. The van der Waals surface area contributed by atoms with E-state index in [2.05, 4.69) is 152 Å². The number of aryl methyl sites for hydroxylation is 3. The van der Waals surface area contributed by atoms with Gasteiger partial charge in [-0.3, -0.25) is 0 Å². The lowest BCUT2D eigenvalue weighted by molar-refractivity contribution is 0.591. The van der Waals surface area contributed by atoms with Crippen LogP contribution in [0.5, 0.6) is 0 Å². The van der Waals surface area contributed by atoms with Crippen LogP contribution in [0.15, 0.2) is 243 Å². The van der Waals surface area contributed by atoms with Crippen LogP contribution in [0.2, 0.25) is 0 Å². The Labute approximate surface area is 421 Å². The Hall–Kier alpha value is -7.94. The van der Waals surface area contributed by atoms with Crippen LogP contribution in [0.25, 0.3) is 21.5 Å². The summed E-state index contributed by atoms with van der Waals surface area (Å²) in [4.78, 5) is 4.92. The zero-order valence-electron chi connectivity index (χ0n) is 40.3. The van der Waals surface area contributed by atoms with E-state index in [1.165, 1.54) is 33.0 Å². The van der Waals surface area contributed by atoms with Gasteiger partial charge in [-0.2, -0.15) is 0 Å². The van der Waals surface area contributed by atoms with Gasteiger partial charge in [0.1, 0.15) is 0 Å². The van der Waals surface area contributed by atoms with Crippen LogP contribution in [-0.2, 0) is 9.13 Å². The molecule has 13 rings (SSSR count). The summed E-state index contributed by atoms with van der Waals surface area (Å²) < 4.78 is 32.1. The minimum atomic E-state index is -3.38. The third-order valence-corrected chi connectivity index (χ3v) is 21.2. The van der Waals surface area contributed by atoms with Gasteiger partial charge in [0.2, 0.25) is 6.71 Å². The van der Waals surface area contributed by atoms with Crippen molar-refractivity contribution in [3.63, 3.8) is 0 Å². The molecule has 0 N–H and O–H groups in total. The smallest absolute Gasteiger partial charge is 0.248 e. The quantitative estimate of drug-likeness (QED) is 0.112. The van der Waals surface area contributed by atoms with Gasteiger partial charge in [0.25, 0.3) is 0 Å². The number of nitrogens with zero attached hydrogens (tertiary/aromatic N) is 2. The van der Waals surface area contributed by atoms with Gasteiger partial charge in [0.05, 0.1) is 22.7 Å². The minimum absolute atomic E-state index is 0.231. The lowest BCUT2D eigenvalue weighted by Crippen LogP contribution is -2.60. The van der Waals surface area contributed by atoms with Crippen molar-refractivity contribution >= 4 is 125 Å². The van der Waals surface area contributed by atoms with E-state index in [1.807, 2.05) is 121 Å². The van der Waals surface area contributed by atoms with E-state index in [9.17, 15) is 0 Å². The molecule has 2 heterocycles. The second-order valence-electron chi connectivity index (χ2n) is 19.3. The van der Waals surface area contributed by atoms with Crippen molar-refractivity contribution in [2.75, 3.05) is 9.80 Å². The lowest BCUT2D eigenvalue weighted by atomic mass is 9.33. The van der Waals surface area contributed by atoms with E-state index in [0.29, 0.717) is 0 Å². The van der Waals surface area contributed by atoms with Crippen LogP contribution >= 0.6 is 14.3 Å². The Morgan fingerprint density at radius 2 is 0.764 bits per heavy atom. The lowest BCUT2D eigenvalue weighted by Gasteiger charge is -2.46. The topological polar surface area (TPSA) is 40.6 Å². The summed E-state index contributed by atoms with van der Waals surface area (Å²) in [5.74, 6) is 0. The van der Waals surface area contributed by atoms with Crippen molar-refractivity contribution in [1.29, 1.82) is 0 Å². The van der Waals surface area contributed by atoms with Crippen molar-refractivity contribution in [3.05, 3.63) is 259 Å². The van der Waals surface area contributed by atoms with Crippen LogP contribution in [-0.4, -0.2) is 6.71 Å². The molecule has 0 saturated carbocycles. The maximum absolute atomic E-state index is 16.4. The van der Waals surface area contributed by atoms with Crippen LogP contribution < -0.4 is 58.0 Å². The highest BCUT2D eigenvalue weighted by Crippen LogP contribution is 2.57. The fraction of sp³-hybridized carbons (Fsp3) is 0.0462. The Kier molecular flexibility index (Phi) is 10.5. The molecule has 0 saturated heterocycles. The Morgan fingerprint density at radius 1 is 0.347 bits per heavy atom. The van der Waals surface area contributed by atoms with Crippen molar-refractivity contribution in [2.24, 2.45) is 0 Å². The van der Waals surface area contributed by atoms with Gasteiger partial charge >= 0.3 is 0 Å². The first-order valence-electron chi connectivity index (χ1n) is 24.7. The van der Waals surface area contributed by atoms with Gasteiger partial charge in [0.15, 0.2) is 14.3 Å². The summed E-state index contributed by atoms with van der Waals surface area (Å²) in [6.45, 7) is 6.45. The zero-order valence-corrected chi connectivity index (χ0v) is 42.1. The number of benzene rings is 11. The number of fused-ring (bicyclic) bond motifs is 7. The average molecular weight is 963 g/mol. The van der Waals surface area contributed by atoms with Crippen LogP contribution in [0, 0.1) is 20.8 Å². The fourth-order valence-electron chi connectivity index (χ4n) is 11.9. The molecule has 2 aliphatic heterocycles. The first kappa shape index (κ1) is 44.0. The second kappa shape index (κ2) is 17.1. The molecule has 0 fully saturated rings. The third-order valence-electron chi connectivity index (χ3n) is 15.0. The Bertz CT molecular complexity index is 3930. The molecular formula is C65H49BN2O2P2. The predicted octanol–water partition coefficient (Wildman–Crippen LogP) is 12.3. The van der Waals surface area contributed by atoms with Crippen LogP contribution in [0.4, 0.5) is 34.1 Å². The van der Waals surface area contributed by atoms with E-state index in [-0.39, 0.29) is 6.71 Å². The predicted molar refractivity (Wildman–Crippen MR) is 308 cm³/mol. The molecule has 0 radical (unpaired) electrons. The molecule has 0 spiro atoms. The molecule has 11 aromatic carbocycles. The van der Waals surface area contributed by atoms with Crippen LogP contribution in [0.3, 0.4) is 0 Å². The molecule has 0 bridgehead atoms. The van der Waals surface area contributed by atoms with Crippen molar-refractivity contribution in [1.82, 2.24) is 0 Å². The Balaban J connectivity index is 1.11. The van der Waals surface area contributed by atoms with E-state index in [0.717, 1.165) is 87.6 Å². The molecular weight excluding hydrogens is 913 g/mol. The molecule has 2 aliphatic rings. The summed E-state index contributed by atoms with van der Waals surface area (Å²) in [7, 11) is -6.62. The van der Waals surface area contributed by atoms with Gasteiger partial charge in [-0.05, 0) is 108 Å². The van der Waals surface area contributed by atoms with Crippen molar-refractivity contribution in [3.8, 4) is 0 Å². The molecule has 0 aliphatic carbocycles. The largest absolute Gasteiger partial charge is 0.309 e. The molecule has 4 nitrogen and oxygen atoms in total. The fourth-order valence-corrected chi connectivity index (χ4v) is 17.3. The highest BCUT2D eigenvalue weighted by atomic mass is 31.2. The minimum Gasteiger partial charge on any atom is -0.309 e. The first-order valence-corrected chi connectivity index (χ1v) is 28.1. The maximum Gasteiger partial charge on any atom is 0.248 e. The molecule has 0 amide bonds. The normalized spacial score (nSPS) is 13.0. The number of rotatable bonds is 8. The number of hydrogen-bond acceptors (Lipinski definition) is 4. The molecule has 11 aromatic rings. The molecule has 72 heavy (non-hydrogen) atoms. The first-order chi connectivity index (χ1) is 35.2. The SMILES string of the molecule is Cc1cc(C)c(B2c3cc(P(=O)(c4ccccc4)c4ccccc4)ccc3N3c4cc5ccccc5cc4N(c4ccc(P(=O)(c5ccccc5)c5ccccc5)cc4)c4cc5ccccc5c2c43)c(C)c1.